The van der Waals surface area contributed by atoms with Gasteiger partial charge in [-0.15, -0.1) is 0 Å². The number of hydrogen-bond acceptors (Lipinski definition) is 6. The number of carbonyl (C=O) groups excluding carboxylic acids is 1. The minimum Gasteiger partial charge on any atom is -0.396 e. The Hall–Kier alpha value is -1.83. The average Bonchev–Trinajstić information content (AvgIpc) is 3.31. The molecule has 4 aliphatic rings. The summed E-state index contributed by atoms with van der Waals surface area (Å²) in [6.07, 6.45) is 13.8. The van der Waals surface area contributed by atoms with Crippen molar-refractivity contribution >= 4 is 5.91 Å². The summed E-state index contributed by atoms with van der Waals surface area (Å²) in [5, 5.41) is 26.2. The Morgan fingerprint density at radius 1 is 1.29 bits per heavy atom. The summed E-state index contributed by atoms with van der Waals surface area (Å²) in [7, 11) is 0. The van der Waals surface area contributed by atoms with Crippen molar-refractivity contribution < 1.29 is 15.0 Å². The fourth-order valence-corrected chi connectivity index (χ4v) is 4.84. The highest BCUT2D eigenvalue weighted by Gasteiger charge is 2.37. The number of aliphatic hydroxyl groups excluding tert-OH is 2. The van der Waals surface area contributed by atoms with Gasteiger partial charge in [0.1, 0.15) is 11.9 Å². The number of nitrogens with zero attached hydrogens (tertiary/aromatic N) is 2. The number of carbonyl (C=O) groups is 1. The molecular formula is C21H32N4O3. The minimum absolute atomic E-state index is 0.0243. The van der Waals surface area contributed by atoms with Crippen LogP contribution in [0.3, 0.4) is 0 Å². The first-order valence-corrected chi connectivity index (χ1v) is 10.5. The number of allylic oxidation sites excluding steroid dienone is 3. The van der Waals surface area contributed by atoms with Gasteiger partial charge < -0.3 is 25.7 Å². The number of hydrogen-bond donors (Lipinski definition) is 4. The lowest BCUT2D eigenvalue weighted by Crippen LogP contribution is -2.46. The summed E-state index contributed by atoms with van der Waals surface area (Å²) < 4.78 is 0. The maximum absolute atomic E-state index is 13.0. The summed E-state index contributed by atoms with van der Waals surface area (Å²) in [6, 6.07) is 0. The summed E-state index contributed by atoms with van der Waals surface area (Å²) in [5.74, 6) is -0.109. The standard InChI is InChI=1S/C21H32N4O3/c26-15-21(8-3-1-4-9-21)14-22-20(28)19-17-6-2-5-10-25(17)18(23-19)13-24-11-7-16(27)12-24/h2,5-6,10,16,18,23,26-27H,1,3-4,7-9,11-15H2,(H,22,28). The van der Waals surface area contributed by atoms with Gasteiger partial charge in [0, 0.05) is 37.8 Å². The Labute approximate surface area is 166 Å². The van der Waals surface area contributed by atoms with Crippen LogP contribution in [0.2, 0.25) is 0 Å². The van der Waals surface area contributed by atoms with Crippen molar-refractivity contribution in [1.29, 1.82) is 0 Å². The first-order valence-electron chi connectivity index (χ1n) is 10.5. The summed E-state index contributed by atoms with van der Waals surface area (Å²) >= 11 is 0. The molecule has 0 radical (unpaired) electrons. The van der Waals surface area contributed by atoms with Crippen molar-refractivity contribution in [2.24, 2.45) is 5.41 Å². The molecule has 28 heavy (non-hydrogen) atoms. The number of fused-ring (bicyclic) bond motifs is 1. The normalized spacial score (nSPS) is 29.1. The van der Waals surface area contributed by atoms with E-state index in [2.05, 4.69) is 20.4 Å². The minimum atomic E-state index is -0.251. The van der Waals surface area contributed by atoms with Crippen LogP contribution in [0.1, 0.15) is 38.5 Å². The molecule has 3 heterocycles. The predicted molar refractivity (Wildman–Crippen MR) is 107 cm³/mol. The maximum Gasteiger partial charge on any atom is 0.269 e. The molecule has 1 saturated heterocycles. The van der Waals surface area contributed by atoms with Crippen molar-refractivity contribution in [2.75, 3.05) is 32.8 Å². The molecule has 0 aromatic rings. The maximum atomic E-state index is 13.0. The molecule has 2 fully saturated rings. The lowest BCUT2D eigenvalue weighted by molar-refractivity contribution is -0.118. The smallest absolute Gasteiger partial charge is 0.269 e. The van der Waals surface area contributed by atoms with Crippen molar-refractivity contribution in [3.8, 4) is 0 Å². The Morgan fingerprint density at radius 2 is 2.11 bits per heavy atom. The highest BCUT2D eigenvalue weighted by Crippen LogP contribution is 2.35. The lowest BCUT2D eigenvalue weighted by Gasteiger charge is -2.35. The van der Waals surface area contributed by atoms with Crippen molar-refractivity contribution in [3.05, 3.63) is 35.8 Å². The van der Waals surface area contributed by atoms with Gasteiger partial charge in [-0.1, -0.05) is 25.3 Å². The molecule has 4 N–H and O–H groups in total. The quantitative estimate of drug-likeness (QED) is 0.534. The third-order valence-electron chi connectivity index (χ3n) is 6.57. The second-order valence-electron chi connectivity index (χ2n) is 8.63. The van der Waals surface area contributed by atoms with E-state index in [1.165, 1.54) is 6.42 Å². The molecule has 154 valence electrons. The van der Waals surface area contributed by atoms with E-state index >= 15 is 0 Å². The van der Waals surface area contributed by atoms with Crippen LogP contribution >= 0.6 is 0 Å². The molecule has 3 aliphatic heterocycles. The second-order valence-corrected chi connectivity index (χ2v) is 8.63. The van der Waals surface area contributed by atoms with Crippen molar-refractivity contribution in [1.82, 2.24) is 20.4 Å². The van der Waals surface area contributed by atoms with E-state index in [0.717, 1.165) is 50.9 Å². The van der Waals surface area contributed by atoms with E-state index < -0.39 is 0 Å². The zero-order valence-corrected chi connectivity index (χ0v) is 16.4. The average molecular weight is 389 g/mol. The van der Waals surface area contributed by atoms with Gasteiger partial charge in [0.05, 0.1) is 18.4 Å². The molecule has 0 spiro atoms. The van der Waals surface area contributed by atoms with E-state index in [-0.39, 0.29) is 30.2 Å². The third kappa shape index (κ3) is 3.97. The molecule has 2 unspecified atom stereocenters. The second kappa shape index (κ2) is 8.27. The Balaban J connectivity index is 1.41. The molecule has 7 heteroatoms. The predicted octanol–water partition coefficient (Wildman–Crippen LogP) is 0.638. The van der Waals surface area contributed by atoms with Crippen molar-refractivity contribution in [2.45, 2.75) is 50.8 Å². The lowest BCUT2D eigenvalue weighted by atomic mass is 9.74. The van der Waals surface area contributed by atoms with E-state index in [4.69, 9.17) is 0 Å². The van der Waals surface area contributed by atoms with Crippen LogP contribution in [0.5, 0.6) is 0 Å². The number of amides is 1. The Bertz CT molecular complexity index is 681. The largest absolute Gasteiger partial charge is 0.396 e. The first-order chi connectivity index (χ1) is 13.6. The first kappa shape index (κ1) is 19.5. The molecule has 4 rings (SSSR count). The summed E-state index contributed by atoms with van der Waals surface area (Å²) in [4.78, 5) is 17.3. The fraction of sp³-hybridized carbons (Fsp3) is 0.667. The van der Waals surface area contributed by atoms with E-state index in [9.17, 15) is 15.0 Å². The van der Waals surface area contributed by atoms with Crippen molar-refractivity contribution in [3.63, 3.8) is 0 Å². The van der Waals surface area contributed by atoms with E-state index in [1.54, 1.807) is 0 Å². The third-order valence-corrected chi connectivity index (χ3v) is 6.57. The Kier molecular flexibility index (Phi) is 5.75. The zero-order valence-electron chi connectivity index (χ0n) is 16.4. The molecule has 1 amide bonds. The number of β-amino-alcohol motifs (C(OH)–C–C–N with tert-alkyl or cyclic N) is 1. The van der Waals surface area contributed by atoms with Gasteiger partial charge >= 0.3 is 0 Å². The highest BCUT2D eigenvalue weighted by molar-refractivity contribution is 5.94. The van der Waals surface area contributed by atoms with Gasteiger partial charge in [-0.3, -0.25) is 9.69 Å². The molecule has 0 aromatic heterocycles. The summed E-state index contributed by atoms with van der Waals surface area (Å²) in [5.41, 5.74) is 1.30. The van der Waals surface area contributed by atoms with Gasteiger partial charge in [-0.05, 0) is 31.4 Å². The monoisotopic (exact) mass is 388 g/mol. The van der Waals surface area contributed by atoms with Crippen LogP contribution in [0, 0.1) is 5.41 Å². The van der Waals surface area contributed by atoms with Gasteiger partial charge in [0.25, 0.3) is 5.91 Å². The topological polar surface area (TPSA) is 88.1 Å². The van der Waals surface area contributed by atoms with Crippen LogP contribution in [0.15, 0.2) is 35.8 Å². The molecule has 1 saturated carbocycles. The molecule has 0 aromatic carbocycles. The van der Waals surface area contributed by atoms with Crippen LogP contribution in [-0.2, 0) is 4.79 Å². The number of likely N-dealkylation sites (tertiary alicyclic amines) is 1. The fourth-order valence-electron chi connectivity index (χ4n) is 4.84. The van der Waals surface area contributed by atoms with Gasteiger partial charge in [0.2, 0.25) is 0 Å². The van der Waals surface area contributed by atoms with E-state index in [1.807, 2.05) is 24.4 Å². The van der Waals surface area contributed by atoms with E-state index in [0.29, 0.717) is 18.8 Å². The number of rotatable bonds is 6. The number of aliphatic hydroxyl groups is 2. The van der Waals surface area contributed by atoms with Crippen LogP contribution in [0.4, 0.5) is 0 Å². The van der Waals surface area contributed by atoms with Gasteiger partial charge in [0.15, 0.2) is 0 Å². The van der Waals surface area contributed by atoms with Gasteiger partial charge in [-0.25, -0.2) is 0 Å². The van der Waals surface area contributed by atoms with Crippen LogP contribution in [0.25, 0.3) is 0 Å². The highest BCUT2D eigenvalue weighted by atomic mass is 16.3. The van der Waals surface area contributed by atoms with Gasteiger partial charge in [-0.2, -0.15) is 0 Å². The Morgan fingerprint density at radius 3 is 2.82 bits per heavy atom. The number of nitrogens with one attached hydrogen (secondary N) is 2. The molecule has 7 nitrogen and oxygen atoms in total. The zero-order chi connectivity index (χ0) is 19.6. The molecular weight excluding hydrogens is 356 g/mol. The molecule has 2 atom stereocenters. The SMILES string of the molecule is O=C(NCC1(CO)CCCCC1)C1=C2C=CC=CN2C(CN2CCC(O)C2)N1. The summed E-state index contributed by atoms with van der Waals surface area (Å²) in [6.45, 7) is 2.95. The van der Waals surface area contributed by atoms with Crippen LogP contribution < -0.4 is 10.6 Å². The van der Waals surface area contributed by atoms with Crippen LogP contribution in [-0.4, -0.2) is 71.0 Å². The molecule has 1 aliphatic carbocycles. The molecule has 0 bridgehead atoms.